The number of carbonyl (C=O) groups excluding carboxylic acids is 1. The second-order valence-corrected chi connectivity index (χ2v) is 18.1. The zero-order chi connectivity index (χ0) is 37.2. The van der Waals surface area contributed by atoms with Crippen molar-refractivity contribution in [3.8, 4) is 44.8 Å². The molecule has 7 nitrogen and oxygen atoms in total. The zero-order valence-electron chi connectivity index (χ0n) is 32.7. The highest BCUT2D eigenvalue weighted by Gasteiger charge is 2.44. The monoisotopic (exact) mass is 721 g/mol. The number of rotatable bonds is 6. The highest BCUT2D eigenvalue weighted by molar-refractivity contribution is 5.81. The van der Waals surface area contributed by atoms with Crippen molar-refractivity contribution in [3.05, 3.63) is 95.8 Å². The summed E-state index contributed by atoms with van der Waals surface area (Å²) in [6, 6.07) is 22.8. The van der Waals surface area contributed by atoms with Crippen molar-refractivity contribution in [3.63, 3.8) is 0 Å². The predicted octanol–water partition coefficient (Wildman–Crippen LogP) is 11.8. The third-order valence-corrected chi connectivity index (χ3v) is 13.0. The third-order valence-electron chi connectivity index (χ3n) is 13.0. The highest BCUT2D eigenvalue weighted by Crippen LogP contribution is 2.55. The molecule has 3 aliphatic carbocycles. The van der Waals surface area contributed by atoms with E-state index in [1.54, 1.807) is 11.1 Å². The van der Waals surface area contributed by atoms with Crippen LogP contribution >= 0.6 is 0 Å². The molecule has 7 heteroatoms. The normalized spacial score (nSPS) is 23.4. The second-order valence-electron chi connectivity index (χ2n) is 18.1. The van der Waals surface area contributed by atoms with E-state index < -0.39 is 5.60 Å². The van der Waals surface area contributed by atoms with Crippen LogP contribution < -0.4 is 0 Å². The summed E-state index contributed by atoms with van der Waals surface area (Å²) in [5.74, 6) is 3.71. The van der Waals surface area contributed by atoms with Gasteiger partial charge >= 0.3 is 6.09 Å². The first-order chi connectivity index (χ1) is 26.0. The van der Waals surface area contributed by atoms with Crippen molar-refractivity contribution in [2.75, 3.05) is 6.54 Å². The number of hydrogen-bond acceptors (Lipinski definition) is 4. The molecule has 1 aliphatic heterocycles. The van der Waals surface area contributed by atoms with Crippen LogP contribution in [-0.4, -0.2) is 43.1 Å². The van der Waals surface area contributed by atoms with E-state index in [2.05, 4.69) is 90.7 Å². The third kappa shape index (κ3) is 6.47. The first-order valence-corrected chi connectivity index (χ1v) is 20.5. The van der Waals surface area contributed by atoms with Crippen molar-refractivity contribution in [1.29, 1.82) is 0 Å². The minimum Gasteiger partial charge on any atom is -0.444 e. The van der Waals surface area contributed by atoms with Crippen LogP contribution in [0.15, 0.2) is 73.1 Å². The Hall–Kier alpha value is -4.65. The Morgan fingerprint density at radius 1 is 0.741 bits per heavy atom. The minimum atomic E-state index is -0.536. The molecule has 0 unspecified atom stereocenters. The number of hydrogen-bond donors (Lipinski definition) is 2. The Kier molecular flexibility index (Phi) is 8.82. The van der Waals surface area contributed by atoms with Crippen LogP contribution in [0.2, 0.25) is 0 Å². The van der Waals surface area contributed by atoms with Gasteiger partial charge in [-0.15, -0.1) is 0 Å². The van der Waals surface area contributed by atoms with Gasteiger partial charge < -0.3 is 14.7 Å². The van der Waals surface area contributed by atoms with Crippen LogP contribution in [0.25, 0.3) is 44.8 Å². The summed E-state index contributed by atoms with van der Waals surface area (Å²) in [5, 5.41) is 0. The van der Waals surface area contributed by atoms with E-state index in [1.807, 2.05) is 31.9 Å². The van der Waals surface area contributed by atoms with Crippen molar-refractivity contribution in [2.24, 2.45) is 11.8 Å². The van der Waals surface area contributed by atoms with Gasteiger partial charge in [0, 0.05) is 36.0 Å². The number of H-pyrrole nitrogens is 2. The molecule has 54 heavy (non-hydrogen) atoms. The Morgan fingerprint density at radius 3 is 1.96 bits per heavy atom. The summed E-state index contributed by atoms with van der Waals surface area (Å²) >= 11 is 0. The number of ether oxygens (including phenoxy) is 1. The Bertz CT molecular complexity index is 2150. The molecule has 280 valence electrons. The summed E-state index contributed by atoms with van der Waals surface area (Å²) in [6.07, 6.45) is 16.0. The maximum Gasteiger partial charge on any atom is 0.410 e. The van der Waals surface area contributed by atoms with Crippen LogP contribution in [-0.2, 0) is 16.6 Å². The van der Waals surface area contributed by atoms with E-state index in [9.17, 15) is 4.79 Å². The summed E-state index contributed by atoms with van der Waals surface area (Å²) in [5.41, 5.74) is 12.4. The van der Waals surface area contributed by atoms with Gasteiger partial charge in [-0.3, -0.25) is 4.90 Å². The van der Waals surface area contributed by atoms with E-state index in [0.717, 1.165) is 47.4 Å². The summed E-state index contributed by atoms with van der Waals surface area (Å²) in [7, 11) is 0. The Morgan fingerprint density at radius 2 is 1.33 bits per heavy atom. The van der Waals surface area contributed by atoms with Crippen molar-refractivity contribution in [2.45, 2.75) is 122 Å². The molecule has 0 bridgehead atoms. The maximum atomic E-state index is 13.1. The number of amides is 1. The van der Waals surface area contributed by atoms with E-state index in [0.29, 0.717) is 18.4 Å². The minimum absolute atomic E-state index is 0.119. The average Bonchev–Trinajstić information content (AvgIpc) is 4.02. The van der Waals surface area contributed by atoms with Crippen molar-refractivity contribution in [1.82, 2.24) is 24.8 Å². The Labute approximate surface area is 320 Å². The lowest BCUT2D eigenvalue weighted by molar-refractivity contribution is 0.0214. The van der Waals surface area contributed by atoms with Gasteiger partial charge in [0.15, 0.2) is 0 Å². The van der Waals surface area contributed by atoms with Gasteiger partial charge in [0.05, 0.1) is 17.4 Å². The van der Waals surface area contributed by atoms with Crippen LogP contribution in [0.4, 0.5) is 4.79 Å². The van der Waals surface area contributed by atoms with E-state index >= 15 is 0 Å². The molecule has 1 spiro atoms. The number of likely N-dealkylation sites (tertiary alicyclic amines) is 1. The number of benzene rings is 3. The van der Waals surface area contributed by atoms with Crippen LogP contribution in [0.5, 0.6) is 0 Å². The van der Waals surface area contributed by atoms with Gasteiger partial charge in [0.25, 0.3) is 0 Å². The van der Waals surface area contributed by atoms with Crippen molar-refractivity contribution < 1.29 is 9.53 Å². The number of nitrogens with one attached hydrogen (secondary N) is 2. The lowest BCUT2D eigenvalue weighted by Gasteiger charge is -2.28. The second kappa shape index (κ2) is 13.6. The summed E-state index contributed by atoms with van der Waals surface area (Å²) < 4.78 is 5.75. The number of imidazole rings is 2. The molecule has 3 fully saturated rings. The lowest BCUT2D eigenvalue weighted by atomic mass is 9.76. The molecule has 3 aromatic carbocycles. The standard InChI is InChI=1S/C47H55N5O2/c1-29-8-9-35(24-29)43-48-26-39(50-43)33-14-10-31(11-15-33)36-18-19-37(42-38(36)20-23-47(42)21-6-7-22-47)32-12-16-34(17-13-32)40-27-49-44(51-40)41-25-30(2)28-52(41)45(53)54-46(3,4)5/h10-19,26-27,29-30,35,41H,6-9,20-25,28H2,1-5H3,(H,48,50)(H,49,51)/t29-,30+,35+,41+/m1/s1. The number of aromatic amines is 2. The fourth-order valence-corrected chi connectivity index (χ4v) is 10.3. The number of aromatic nitrogens is 4. The molecule has 3 heterocycles. The highest BCUT2D eigenvalue weighted by atomic mass is 16.6. The van der Waals surface area contributed by atoms with E-state index in [-0.39, 0.29) is 17.6 Å². The first kappa shape index (κ1) is 35.1. The summed E-state index contributed by atoms with van der Waals surface area (Å²) in [4.78, 5) is 31.9. The van der Waals surface area contributed by atoms with E-state index in [1.165, 1.54) is 79.2 Å². The molecule has 1 amide bonds. The fourth-order valence-electron chi connectivity index (χ4n) is 10.3. The molecular weight excluding hydrogens is 667 g/mol. The summed E-state index contributed by atoms with van der Waals surface area (Å²) in [6.45, 7) is 11.0. The molecule has 5 aromatic rings. The van der Waals surface area contributed by atoms with Gasteiger partial charge in [0.1, 0.15) is 17.2 Å². The van der Waals surface area contributed by atoms with Gasteiger partial charge in [-0.2, -0.15) is 0 Å². The van der Waals surface area contributed by atoms with Crippen LogP contribution in [0, 0.1) is 11.8 Å². The van der Waals surface area contributed by atoms with Gasteiger partial charge in [-0.25, -0.2) is 14.8 Å². The van der Waals surface area contributed by atoms with Crippen molar-refractivity contribution >= 4 is 6.09 Å². The average molecular weight is 722 g/mol. The number of carbonyl (C=O) groups is 1. The molecule has 0 radical (unpaired) electrons. The SMILES string of the molecule is C[C@@H]1CC[C@H](c2nc(-c3ccc(-c4ccc(-c5ccc(-c6c[nH]c([C@@H]7C[C@H](C)CN7C(=O)OC(C)(C)C)n6)cc5)c5c4CCC54CCCC4)cc3)c[nH]2)C1. The smallest absolute Gasteiger partial charge is 0.410 e. The van der Waals surface area contributed by atoms with Gasteiger partial charge in [-0.05, 0) is 123 Å². The lowest BCUT2D eigenvalue weighted by Crippen LogP contribution is -2.37. The predicted molar refractivity (Wildman–Crippen MR) is 216 cm³/mol. The van der Waals surface area contributed by atoms with Crippen LogP contribution in [0.1, 0.15) is 127 Å². The van der Waals surface area contributed by atoms with Crippen LogP contribution in [0.3, 0.4) is 0 Å². The number of fused-ring (bicyclic) bond motifs is 2. The topological polar surface area (TPSA) is 86.9 Å². The largest absolute Gasteiger partial charge is 0.444 e. The number of nitrogens with zero attached hydrogens (tertiary/aromatic N) is 3. The fraction of sp³-hybridized carbons (Fsp3) is 0.468. The molecule has 2 aromatic heterocycles. The molecular formula is C47H55N5O2. The zero-order valence-corrected chi connectivity index (χ0v) is 32.7. The van der Waals surface area contributed by atoms with E-state index in [4.69, 9.17) is 14.7 Å². The van der Waals surface area contributed by atoms with Gasteiger partial charge in [-0.1, -0.05) is 87.4 Å². The molecule has 4 aliphatic rings. The molecule has 2 N–H and O–H groups in total. The van der Waals surface area contributed by atoms with Gasteiger partial charge in [0.2, 0.25) is 0 Å². The Balaban J connectivity index is 0.980. The molecule has 4 atom stereocenters. The molecule has 2 saturated carbocycles. The first-order valence-electron chi connectivity index (χ1n) is 20.5. The molecule has 1 saturated heterocycles. The molecule has 9 rings (SSSR count). The quantitative estimate of drug-likeness (QED) is 0.183. The maximum absolute atomic E-state index is 13.1.